The van der Waals surface area contributed by atoms with Crippen LogP contribution in [0.5, 0.6) is 11.5 Å². The summed E-state index contributed by atoms with van der Waals surface area (Å²) in [5, 5.41) is 2.50. The Labute approximate surface area is 126 Å². The summed E-state index contributed by atoms with van der Waals surface area (Å²) in [6, 6.07) is 9.89. The monoisotopic (exact) mass is 307 g/mol. The van der Waals surface area contributed by atoms with Crippen molar-refractivity contribution in [3.63, 3.8) is 0 Å². The Morgan fingerprint density at radius 2 is 1.86 bits per heavy atom. The normalized spacial score (nSPS) is 10.1. The molecule has 0 aromatic heterocycles. The van der Waals surface area contributed by atoms with Crippen LogP contribution in [-0.2, 0) is 0 Å². The van der Waals surface area contributed by atoms with Gasteiger partial charge in [0.2, 0.25) is 0 Å². The minimum absolute atomic E-state index is 0.174. The van der Waals surface area contributed by atoms with Crippen molar-refractivity contribution in [2.75, 3.05) is 20.3 Å². The van der Waals surface area contributed by atoms with E-state index >= 15 is 0 Å². The Balaban J connectivity index is 1.85. The zero-order valence-corrected chi connectivity index (χ0v) is 11.9. The van der Waals surface area contributed by atoms with Crippen LogP contribution < -0.4 is 14.8 Å². The summed E-state index contributed by atoms with van der Waals surface area (Å²) in [6.45, 7) is 0.364. The summed E-state index contributed by atoms with van der Waals surface area (Å²) in [6.07, 6.45) is 0. The first-order valence-electron chi connectivity index (χ1n) is 6.61. The fourth-order valence-corrected chi connectivity index (χ4v) is 1.83. The molecule has 0 saturated heterocycles. The van der Waals surface area contributed by atoms with Gasteiger partial charge >= 0.3 is 0 Å². The average Bonchev–Trinajstić information content (AvgIpc) is 2.51. The maximum atomic E-state index is 13.4. The van der Waals surface area contributed by atoms with E-state index in [9.17, 15) is 13.6 Å². The second kappa shape index (κ2) is 7.40. The molecule has 0 aliphatic heterocycles. The van der Waals surface area contributed by atoms with Crippen LogP contribution in [-0.4, -0.2) is 26.2 Å². The molecule has 0 spiro atoms. The summed E-state index contributed by atoms with van der Waals surface area (Å²) in [5.41, 5.74) is -0.210. The van der Waals surface area contributed by atoms with Crippen molar-refractivity contribution in [3.05, 3.63) is 59.7 Å². The Bertz CT molecular complexity index is 662. The number of ether oxygens (including phenoxy) is 2. The zero-order valence-electron chi connectivity index (χ0n) is 11.9. The molecule has 0 aliphatic rings. The number of para-hydroxylation sites is 2. The minimum atomic E-state index is -0.900. The molecule has 0 radical (unpaired) electrons. The van der Waals surface area contributed by atoms with Crippen LogP contribution in [0, 0.1) is 11.6 Å². The van der Waals surface area contributed by atoms with E-state index in [4.69, 9.17) is 9.47 Å². The lowest BCUT2D eigenvalue weighted by atomic mass is 10.2. The van der Waals surface area contributed by atoms with Crippen LogP contribution in [0.1, 0.15) is 10.4 Å². The van der Waals surface area contributed by atoms with E-state index in [2.05, 4.69) is 5.32 Å². The third kappa shape index (κ3) is 3.94. The second-order valence-electron chi connectivity index (χ2n) is 4.38. The largest absolute Gasteiger partial charge is 0.493 e. The number of carbonyl (C=O) groups is 1. The first kappa shape index (κ1) is 15.8. The maximum Gasteiger partial charge on any atom is 0.254 e. The molecule has 0 saturated carbocycles. The third-order valence-electron chi connectivity index (χ3n) is 2.89. The molecule has 0 atom stereocenters. The van der Waals surface area contributed by atoms with E-state index in [0.29, 0.717) is 17.6 Å². The van der Waals surface area contributed by atoms with Crippen molar-refractivity contribution in [1.29, 1.82) is 0 Å². The van der Waals surface area contributed by atoms with Gasteiger partial charge in [-0.3, -0.25) is 4.79 Å². The third-order valence-corrected chi connectivity index (χ3v) is 2.89. The van der Waals surface area contributed by atoms with Gasteiger partial charge in [0.25, 0.3) is 5.91 Å². The molecule has 0 heterocycles. The molecule has 2 aromatic rings. The van der Waals surface area contributed by atoms with Gasteiger partial charge < -0.3 is 14.8 Å². The number of amides is 1. The van der Waals surface area contributed by atoms with Crippen molar-refractivity contribution in [2.45, 2.75) is 0 Å². The standard InChI is InChI=1S/C16H15F2NO3/c1-21-14-4-2-3-5-15(14)22-9-8-19-16(20)12-7-6-11(17)10-13(12)18/h2-7,10H,8-9H2,1H3,(H,19,20). The molecular weight excluding hydrogens is 292 g/mol. The summed E-state index contributed by atoms with van der Waals surface area (Å²) < 4.78 is 36.8. The van der Waals surface area contributed by atoms with Gasteiger partial charge in [0.1, 0.15) is 18.2 Å². The van der Waals surface area contributed by atoms with E-state index in [1.165, 1.54) is 7.11 Å². The number of nitrogens with one attached hydrogen (secondary N) is 1. The van der Waals surface area contributed by atoms with Gasteiger partial charge in [-0.25, -0.2) is 8.78 Å². The molecule has 116 valence electrons. The molecule has 0 fully saturated rings. The fraction of sp³-hybridized carbons (Fsp3) is 0.188. The minimum Gasteiger partial charge on any atom is -0.493 e. The summed E-state index contributed by atoms with van der Waals surface area (Å²) in [4.78, 5) is 11.8. The van der Waals surface area contributed by atoms with Crippen molar-refractivity contribution in [3.8, 4) is 11.5 Å². The molecule has 1 amide bonds. The van der Waals surface area contributed by atoms with Gasteiger partial charge in [-0.1, -0.05) is 12.1 Å². The highest BCUT2D eigenvalue weighted by atomic mass is 19.1. The number of benzene rings is 2. The number of methoxy groups -OCH3 is 1. The summed E-state index contributed by atoms with van der Waals surface area (Å²) >= 11 is 0. The molecule has 6 heteroatoms. The lowest BCUT2D eigenvalue weighted by molar-refractivity contribution is 0.0942. The highest BCUT2D eigenvalue weighted by molar-refractivity contribution is 5.94. The molecule has 1 N–H and O–H groups in total. The predicted molar refractivity (Wildman–Crippen MR) is 77.2 cm³/mol. The molecule has 22 heavy (non-hydrogen) atoms. The highest BCUT2D eigenvalue weighted by Crippen LogP contribution is 2.25. The van der Waals surface area contributed by atoms with E-state index in [-0.39, 0.29) is 18.7 Å². The lowest BCUT2D eigenvalue weighted by Gasteiger charge is -2.11. The first-order valence-corrected chi connectivity index (χ1v) is 6.61. The number of hydrogen-bond acceptors (Lipinski definition) is 3. The van der Waals surface area contributed by atoms with Crippen molar-refractivity contribution in [2.24, 2.45) is 0 Å². The second-order valence-corrected chi connectivity index (χ2v) is 4.38. The number of carbonyl (C=O) groups excluding carboxylic acids is 1. The molecule has 2 rings (SSSR count). The van der Waals surface area contributed by atoms with Gasteiger partial charge in [0.15, 0.2) is 11.5 Å². The van der Waals surface area contributed by atoms with Crippen LogP contribution in [0.3, 0.4) is 0 Å². The number of hydrogen-bond donors (Lipinski definition) is 1. The maximum absolute atomic E-state index is 13.4. The molecule has 0 bridgehead atoms. The van der Waals surface area contributed by atoms with Crippen molar-refractivity contribution >= 4 is 5.91 Å². The Hall–Kier alpha value is -2.63. The van der Waals surface area contributed by atoms with Gasteiger partial charge in [0.05, 0.1) is 19.2 Å². The SMILES string of the molecule is COc1ccccc1OCCNC(=O)c1ccc(F)cc1F. The van der Waals surface area contributed by atoms with Gasteiger partial charge in [-0.2, -0.15) is 0 Å². The van der Waals surface area contributed by atoms with E-state index in [0.717, 1.165) is 12.1 Å². The molecule has 0 aliphatic carbocycles. The van der Waals surface area contributed by atoms with Gasteiger partial charge in [0, 0.05) is 6.07 Å². The summed E-state index contributed by atoms with van der Waals surface area (Å²) in [5.74, 6) is -1.12. The smallest absolute Gasteiger partial charge is 0.254 e. The Morgan fingerprint density at radius 1 is 1.14 bits per heavy atom. The Morgan fingerprint density at radius 3 is 2.55 bits per heavy atom. The Kier molecular flexibility index (Phi) is 5.30. The highest BCUT2D eigenvalue weighted by Gasteiger charge is 2.12. The van der Waals surface area contributed by atoms with Gasteiger partial charge in [-0.05, 0) is 24.3 Å². The van der Waals surface area contributed by atoms with E-state index < -0.39 is 17.5 Å². The van der Waals surface area contributed by atoms with Crippen LogP contribution in [0.4, 0.5) is 8.78 Å². The van der Waals surface area contributed by atoms with Gasteiger partial charge in [-0.15, -0.1) is 0 Å². The van der Waals surface area contributed by atoms with Crippen LogP contribution in [0.2, 0.25) is 0 Å². The van der Waals surface area contributed by atoms with Crippen LogP contribution >= 0.6 is 0 Å². The molecule has 2 aromatic carbocycles. The topological polar surface area (TPSA) is 47.6 Å². The van der Waals surface area contributed by atoms with E-state index in [1.807, 2.05) is 6.07 Å². The van der Waals surface area contributed by atoms with Crippen molar-refractivity contribution < 1.29 is 23.0 Å². The molecule has 4 nitrogen and oxygen atoms in total. The quantitative estimate of drug-likeness (QED) is 0.835. The average molecular weight is 307 g/mol. The first-order chi connectivity index (χ1) is 10.6. The van der Waals surface area contributed by atoms with Crippen LogP contribution in [0.15, 0.2) is 42.5 Å². The van der Waals surface area contributed by atoms with Crippen LogP contribution in [0.25, 0.3) is 0 Å². The van der Waals surface area contributed by atoms with E-state index in [1.54, 1.807) is 18.2 Å². The summed E-state index contributed by atoms with van der Waals surface area (Å²) in [7, 11) is 1.53. The number of halogens is 2. The predicted octanol–water partition coefficient (Wildman–Crippen LogP) is 2.78. The zero-order chi connectivity index (χ0) is 15.9. The fourth-order valence-electron chi connectivity index (χ4n) is 1.83. The molecular formula is C16H15F2NO3. The molecule has 0 unspecified atom stereocenters. The van der Waals surface area contributed by atoms with Crippen molar-refractivity contribution in [1.82, 2.24) is 5.32 Å². The number of rotatable bonds is 6. The lowest BCUT2D eigenvalue weighted by Crippen LogP contribution is -2.28.